The minimum atomic E-state index is -1.88. The van der Waals surface area contributed by atoms with Gasteiger partial charge in [0.15, 0.2) is 23.2 Å². The number of carbonyl (C=O) groups is 4. The van der Waals surface area contributed by atoms with Gasteiger partial charge in [-0.3, -0.25) is 24.1 Å². The first-order valence-electron chi connectivity index (χ1n) is 11.6. The molecule has 0 spiro atoms. The molecule has 0 bridgehead atoms. The summed E-state index contributed by atoms with van der Waals surface area (Å²) in [6.45, 7) is -0.690. The Kier molecular flexibility index (Phi) is 9.82. The first kappa shape index (κ1) is 29.4. The van der Waals surface area contributed by atoms with E-state index in [0.29, 0.717) is 25.4 Å². The Labute approximate surface area is 220 Å². The fourth-order valence-corrected chi connectivity index (χ4v) is 3.84. The summed E-state index contributed by atoms with van der Waals surface area (Å²) in [5, 5.41) is 11.3. The average molecular weight is 555 g/mol. The minimum absolute atomic E-state index is 0.0455. The van der Waals surface area contributed by atoms with E-state index in [1.54, 1.807) is 23.1 Å². The summed E-state index contributed by atoms with van der Waals surface area (Å²) < 4.78 is 64.0. The predicted octanol–water partition coefficient (Wildman–Crippen LogP) is 1.50. The fraction of sp³-hybridized carbons (Fsp3) is 0.360. The number of benzene rings is 2. The molecule has 10 nitrogen and oxygen atoms in total. The van der Waals surface area contributed by atoms with Gasteiger partial charge in [0.25, 0.3) is 0 Å². The van der Waals surface area contributed by atoms with Crippen molar-refractivity contribution in [2.45, 2.75) is 19.0 Å². The van der Waals surface area contributed by atoms with Gasteiger partial charge in [-0.1, -0.05) is 12.1 Å². The number of carbonyl (C=O) groups excluding carboxylic acids is 3. The Morgan fingerprint density at radius 3 is 2.38 bits per heavy atom. The first-order valence-corrected chi connectivity index (χ1v) is 11.6. The largest absolute Gasteiger partial charge is 0.497 e. The third kappa shape index (κ3) is 7.89. The van der Waals surface area contributed by atoms with Gasteiger partial charge in [0, 0.05) is 25.7 Å². The number of aliphatic carboxylic acids is 1. The molecular formula is C25H25F4N3O7. The number of nitrogens with one attached hydrogen (secondary N) is 1. The number of Topliss-reactive ketones (excluding diaryl/α,β-unsaturated/α-hetero) is 1. The molecule has 0 aromatic heterocycles. The number of nitrogens with zero attached hydrogens (tertiary/aromatic N) is 2. The third-order valence-corrected chi connectivity index (χ3v) is 5.81. The van der Waals surface area contributed by atoms with Crippen molar-refractivity contribution < 1.29 is 51.3 Å². The zero-order chi connectivity index (χ0) is 28.7. The van der Waals surface area contributed by atoms with E-state index in [2.05, 4.69) is 10.1 Å². The maximum atomic E-state index is 13.8. The highest BCUT2D eigenvalue weighted by Crippen LogP contribution is 2.26. The number of carboxylic acid groups (broad SMARTS) is 1. The number of hydrogen-bond donors (Lipinski definition) is 2. The van der Waals surface area contributed by atoms with Crippen molar-refractivity contribution in [3.05, 3.63) is 59.2 Å². The predicted molar refractivity (Wildman–Crippen MR) is 126 cm³/mol. The molecule has 0 unspecified atom stereocenters. The van der Waals surface area contributed by atoms with Gasteiger partial charge in [-0.25, -0.2) is 8.78 Å². The summed E-state index contributed by atoms with van der Waals surface area (Å²) in [6, 6.07) is 5.48. The molecule has 210 valence electrons. The van der Waals surface area contributed by atoms with E-state index in [9.17, 15) is 36.7 Å². The zero-order valence-corrected chi connectivity index (χ0v) is 20.7. The van der Waals surface area contributed by atoms with Crippen LogP contribution < -0.4 is 14.8 Å². The van der Waals surface area contributed by atoms with Gasteiger partial charge in [-0.15, -0.1) is 0 Å². The average Bonchev–Trinajstić information content (AvgIpc) is 2.88. The highest BCUT2D eigenvalue weighted by Gasteiger charge is 2.29. The summed E-state index contributed by atoms with van der Waals surface area (Å²) in [6.07, 6.45) is -0.899. The van der Waals surface area contributed by atoms with Crippen LogP contribution in [0.3, 0.4) is 0 Å². The van der Waals surface area contributed by atoms with Gasteiger partial charge in [-0.2, -0.15) is 8.78 Å². The minimum Gasteiger partial charge on any atom is -0.497 e. The lowest BCUT2D eigenvalue weighted by Gasteiger charge is -2.34. The Morgan fingerprint density at radius 2 is 1.77 bits per heavy atom. The molecule has 2 aromatic carbocycles. The molecule has 14 heteroatoms. The second-order valence-electron chi connectivity index (χ2n) is 8.65. The van der Waals surface area contributed by atoms with Crippen molar-refractivity contribution in [1.82, 2.24) is 15.1 Å². The number of piperazine rings is 1. The number of ketones is 1. The number of carboxylic acids is 1. The number of hydrogen-bond acceptors (Lipinski definition) is 7. The van der Waals surface area contributed by atoms with Crippen LogP contribution in [0.25, 0.3) is 0 Å². The Bertz CT molecular complexity index is 1230. The van der Waals surface area contributed by atoms with E-state index < -0.39 is 65.7 Å². The van der Waals surface area contributed by atoms with Gasteiger partial charge in [0.2, 0.25) is 23.4 Å². The monoisotopic (exact) mass is 555 g/mol. The zero-order valence-electron chi connectivity index (χ0n) is 20.7. The second kappa shape index (κ2) is 13.0. The van der Waals surface area contributed by atoms with Gasteiger partial charge in [-0.05, 0) is 17.7 Å². The van der Waals surface area contributed by atoms with Gasteiger partial charge in [0.05, 0.1) is 26.6 Å². The van der Waals surface area contributed by atoms with Crippen molar-refractivity contribution in [2.24, 2.45) is 0 Å². The molecule has 0 saturated carbocycles. The van der Waals surface area contributed by atoms with Gasteiger partial charge < -0.3 is 24.8 Å². The Morgan fingerprint density at radius 1 is 1.08 bits per heavy atom. The molecule has 0 radical (unpaired) electrons. The molecule has 1 atom stereocenters. The van der Waals surface area contributed by atoms with Crippen LogP contribution in [-0.2, 0) is 25.7 Å². The molecule has 2 N–H and O–H groups in total. The van der Waals surface area contributed by atoms with Crippen molar-refractivity contribution in [2.75, 3.05) is 39.9 Å². The SMILES string of the molecule is COc1cccc(CN2CCN(CC(=O)N[C@@H](CC(=O)O)C(=O)COc3c(F)c(F)cc(F)c3F)CC2=O)c1. The first-order chi connectivity index (χ1) is 18.5. The van der Waals surface area contributed by atoms with Gasteiger partial charge >= 0.3 is 5.97 Å². The fourth-order valence-electron chi connectivity index (χ4n) is 3.84. The van der Waals surface area contributed by atoms with E-state index in [-0.39, 0.29) is 25.1 Å². The van der Waals surface area contributed by atoms with Crippen LogP contribution in [0.2, 0.25) is 0 Å². The van der Waals surface area contributed by atoms with E-state index in [0.717, 1.165) is 5.56 Å². The number of amides is 2. The molecule has 39 heavy (non-hydrogen) atoms. The lowest BCUT2D eigenvalue weighted by molar-refractivity contribution is -0.140. The van der Waals surface area contributed by atoms with Crippen LogP contribution in [0.5, 0.6) is 11.5 Å². The number of rotatable bonds is 12. The van der Waals surface area contributed by atoms with Crippen molar-refractivity contribution >= 4 is 23.6 Å². The van der Waals surface area contributed by atoms with Crippen LogP contribution >= 0.6 is 0 Å². The van der Waals surface area contributed by atoms with Crippen molar-refractivity contribution in [1.29, 1.82) is 0 Å². The molecule has 1 aliphatic rings. The number of methoxy groups -OCH3 is 1. The van der Waals surface area contributed by atoms with E-state index in [1.807, 2.05) is 6.07 Å². The van der Waals surface area contributed by atoms with E-state index in [4.69, 9.17) is 9.84 Å². The molecule has 0 aliphatic carbocycles. The molecule has 1 aliphatic heterocycles. The van der Waals surface area contributed by atoms with Crippen LogP contribution in [0.1, 0.15) is 12.0 Å². The Hall–Kier alpha value is -4.20. The van der Waals surface area contributed by atoms with E-state index >= 15 is 0 Å². The maximum Gasteiger partial charge on any atom is 0.305 e. The molecule has 1 saturated heterocycles. The summed E-state index contributed by atoms with van der Waals surface area (Å²) in [5.41, 5.74) is 0.854. The number of halogens is 4. The quantitative estimate of drug-likeness (QED) is 0.298. The highest BCUT2D eigenvalue weighted by molar-refractivity contribution is 5.93. The maximum absolute atomic E-state index is 13.8. The Balaban J connectivity index is 1.55. The normalized spacial score (nSPS) is 14.6. The summed E-state index contributed by atoms with van der Waals surface area (Å²) in [5.74, 6) is -11.8. The van der Waals surface area contributed by atoms with Crippen LogP contribution in [0.4, 0.5) is 17.6 Å². The lowest BCUT2D eigenvalue weighted by atomic mass is 10.1. The number of ether oxygens (including phenoxy) is 2. The van der Waals surface area contributed by atoms with Crippen molar-refractivity contribution in [3.63, 3.8) is 0 Å². The second-order valence-corrected chi connectivity index (χ2v) is 8.65. The lowest BCUT2D eigenvalue weighted by Crippen LogP contribution is -2.54. The molecular weight excluding hydrogens is 530 g/mol. The molecule has 3 rings (SSSR count). The topological polar surface area (TPSA) is 125 Å². The molecule has 1 fully saturated rings. The molecule has 2 aromatic rings. The van der Waals surface area contributed by atoms with E-state index in [1.165, 1.54) is 12.0 Å². The van der Waals surface area contributed by atoms with Gasteiger partial charge in [0.1, 0.15) is 18.4 Å². The van der Waals surface area contributed by atoms with Crippen LogP contribution in [0, 0.1) is 23.3 Å². The standard InChI is InChI=1S/C25H25F4N3O7/c1-38-15-4-2-3-14(7-15)10-32-6-5-31(12-21(32)35)11-20(34)30-18(9-22(36)37)19(33)13-39-25-23(28)16(26)8-17(27)24(25)29/h2-4,7-8,18H,5-6,9-13H2,1H3,(H,30,34)(H,36,37)/t18-/m0/s1. The summed E-state index contributed by atoms with van der Waals surface area (Å²) in [7, 11) is 1.53. The highest BCUT2D eigenvalue weighted by atomic mass is 19.2. The summed E-state index contributed by atoms with van der Waals surface area (Å²) >= 11 is 0. The van der Waals surface area contributed by atoms with Crippen LogP contribution in [0.15, 0.2) is 30.3 Å². The smallest absolute Gasteiger partial charge is 0.305 e. The third-order valence-electron chi connectivity index (χ3n) is 5.81. The van der Waals surface area contributed by atoms with Crippen LogP contribution in [-0.4, -0.2) is 84.4 Å². The van der Waals surface area contributed by atoms with Crippen molar-refractivity contribution in [3.8, 4) is 11.5 Å². The molecule has 2 amide bonds. The molecule has 1 heterocycles. The summed E-state index contributed by atoms with van der Waals surface area (Å²) in [4.78, 5) is 51.9.